The zero-order valence-electron chi connectivity index (χ0n) is 24.1. The zero-order valence-corrected chi connectivity index (χ0v) is 24.1. The number of carbonyl (C=O) groups excluding carboxylic acids is 2. The molecule has 2 aromatic carbocycles. The van der Waals surface area contributed by atoms with Crippen molar-refractivity contribution in [3.63, 3.8) is 0 Å². The SMILES string of the molecule is CC(=O)NCC1CN(c2ccc(OCCC3CCN(c4cc5c(cc4F)c(=O)c(C(=O)O)cn5C4CC4)C3)c(F)c2)C(=O)O1. The minimum atomic E-state index is -1.33. The normalized spacial score (nSPS) is 19.8. The van der Waals surface area contributed by atoms with Gasteiger partial charge in [0, 0.05) is 43.7 Å². The lowest BCUT2D eigenvalue weighted by Gasteiger charge is -2.21. The summed E-state index contributed by atoms with van der Waals surface area (Å²) in [7, 11) is 0. The van der Waals surface area contributed by atoms with E-state index in [0.717, 1.165) is 25.3 Å². The molecule has 3 heterocycles. The lowest BCUT2D eigenvalue weighted by atomic mass is 10.1. The number of amides is 2. The fraction of sp³-hybridized carbons (Fsp3) is 0.419. The Balaban J connectivity index is 1.07. The van der Waals surface area contributed by atoms with Crippen LogP contribution in [0.5, 0.6) is 5.75 Å². The zero-order chi connectivity index (χ0) is 31.1. The summed E-state index contributed by atoms with van der Waals surface area (Å²) < 4.78 is 42.9. The number of hydrogen-bond acceptors (Lipinski definition) is 7. The topological polar surface area (TPSA) is 130 Å². The Bertz CT molecular complexity index is 1710. The van der Waals surface area contributed by atoms with Gasteiger partial charge in [-0.25, -0.2) is 18.4 Å². The number of ether oxygens (including phenoxy) is 2. The number of aromatic nitrogens is 1. The van der Waals surface area contributed by atoms with Crippen LogP contribution in [-0.2, 0) is 9.53 Å². The standard InChI is InChI=1S/C31H32F2N4O7/c1-17(38)34-13-21-15-37(31(42)44-21)20-4-5-28(25(33)10-20)43-9-7-18-6-8-35(14-18)27-12-26-22(11-24(27)32)29(39)23(30(40)41)16-36(26)19-2-3-19/h4-5,10-12,16,18-19,21H,2-3,6-9,13-15H2,1H3,(H,34,38)(H,40,41). The van der Waals surface area contributed by atoms with Crippen molar-refractivity contribution < 1.29 is 37.7 Å². The second-order valence-corrected chi connectivity index (χ2v) is 11.5. The van der Waals surface area contributed by atoms with Gasteiger partial charge < -0.3 is 29.4 Å². The van der Waals surface area contributed by atoms with E-state index in [0.29, 0.717) is 36.4 Å². The Hall–Kier alpha value is -4.68. The molecular formula is C31H32F2N4O7. The maximum absolute atomic E-state index is 15.3. The highest BCUT2D eigenvalue weighted by Crippen LogP contribution is 2.39. The van der Waals surface area contributed by atoms with E-state index in [2.05, 4.69) is 5.32 Å². The first kappa shape index (κ1) is 29.4. The third kappa shape index (κ3) is 5.90. The third-order valence-electron chi connectivity index (χ3n) is 8.36. The second kappa shape index (κ2) is 11.8. The average molecular weight is 611 g/mol. The first-order valence-corrected chi connectivity index (χ1v) is 14.6. The summed E-state index contributed by atoms with van der Waals surface area (Å²) in [5.41, 5.74) is 0.141. The van der Waals surface area contributed by atoms with Crippen LogP contribution in [0.25, 0.3) is 10.9 Å². The molecule has 3 aromatic rings. The Labute approximate surface area is 250 Å². The quantitative estimate of drug-likeness (QED) is 0.352. The van der Waals surface area contributed by atoms with Crippen LogP contribution in [0.3, 0.4) is 0 Å². The molecule has 44 heavy (non-hydrogen) atoms. The number of nitrogens with one attached hydrogen (secondary N) is 1. The van der Waals surface area contributed by atoms with Gasteiger partial charge in [-0.3, -0.25) is 14.5 Å². The summed E-state index contributed by atoms with van der Waals surface area (Å²) >= 11 is 0. The van der Waals surface area contributed by atoms with Gasteiger partial charge in [0.25, 0.3) is 0 Å². The van der Waals surface area contributed by atoms with Crippen molar-refractivity contribution >= 4 is 40.2 Å². The van der Waals surface area contributed by atoms with E-state index in [1.54, 1.807) is 16.7 Å². The molecule has 2 atom stereocenters. The number of anilines is 2. The second-order valence-electron chi connectivity index (χ2n) is 11.5. The van der Waals surface area contributed by atoms with Crippen molar-refractivity contribution in [3.8, 4) is 5.75 Å². The molecule has 2 amide bonds. The number of carboxylic acid groups (broad SMARTS) is 1. The van der Waals surface area contributed by atoms with Crippen molar-refractivity contribution in [2.45, 2.75) is 44.8 Å². The van der Waals surface area contributed by atoms with E-state index in [4.69, 9.17) is 9.47 Å². The van der Waals surface area contributed by atoms with Crippen molar-refractivity contribution in [2.75, 3.05) is 42.6 Å². The van der Waals surface area contributed by atoms with Crippen LogP contribution in [-0.4, -0.2) is 66.5 Å². The van der Waals surface area contributed by atoms with Crippen LogP contribution in [0.1, 0.15) is 49.0 Å². The summed E-state index contributed by atoms with van der Waals surface area (Å²) in [5, 5.41) is 12.1. The summed E-state index contributed by atoms with van der Waals surface area (Å²) in [4.78, 5) is 50.9. The molecule has 11 nitrogen and oxygen atoms in total. The van der Waals surface area contributed by atoms with E-state index >= 15 is 4.39 Å². The highest BCUT2D eigenvalue weighted by Gasteiger charge is 2.33. The first-order chi connectivity index (χ1) is 21.1. The van der Waals surface area contributed by atoms with Gasteiger partial charge >= 0.3 is 12.1 Å². The minimum absolute atomic E-state index is 0.0466. The van der Waals surface area contributed by atoms with Crippen LogP contribution in [0.4, 0.5) is 25.0 Å². The van der Waals surface area contributed by atoms with Gasteiger partial charge in [0.15, 0.2) is 11.6 Å². The third-order valence-corrected chi connectivity index (χ3v) is 8.36. The minimum Gasteiger partial charge on any atom is -0.491 e. The number of hydrogen-bond donors (Lipinski definition) is 2. The molecule has 2 saturated heterocycles. The van der Waals surface area contributed by atoms with Crippen molar-refractivity contribution in [1.82, 2.24) is 9.88 Å². The molecule has 2 N–H and O–H groups in total. The number of pyridine rings is 1. The molecule has 2 unspecified atom stereocenters. The number of rotatable bonds is 10. The number of nitrogens with zero attached hydrogens (tertiary/aromatic N) is 3. The maximum Gasteiger partial charge on any atom is 0.414 e. The van der Waals surface area contributed by atoms with E-state index < -0.39 is 35.2 Å². The molecule has 1 saturated carbocycles. The van der Waals surface area contributed by atoms with Crippen molar-refractivity contribution in [2.24, 2.45) is 5.92 Å². The van der Waals surface area contributed by atoms with Gasteiger partial charge in [-0.15, -0.1) is 0 Å². The van der Waals surface area contributed by atoms with Gasteiger partial charge in [0.2, 0.25) is 11.3 Å². The smallest absolute Gasteiger partial charge is 0.414 e. The number of halogens is 2. The molecule has 6 rings (SSSR count). The predicted molar refractivity (Wildman–Crippen MR) is 157 cm³/mol. The van der Waals surface area contributed by atoms with Crippen LogP contribution in [0.2, 0.25) is 0 Å². The van der Waals surface area contributed by atoms with Crippen molar-refractivity contribution in [3.05, 3.63) is 63.9 Å². The molecule has 13 heteroatoms. The summed E-state index contributed by atoms with van der Waals surface area (Å²) in [5.74, 6) is -2.57. The average Bonchev–Trinajstić information content (AvgIpc) is 3.60. The van der Waals surface area contributed by atoms with E-state index in [-0.39, 0.29) is 54.3 Å². The van der Waals surface area contributed by atoms with Gasteiger partial charge in [0.1, 0.15) is 17.5 Å². The number of aromatic carboxylic acids is 1. The van der Waals surface area contributed by atoms with Crippen LogP contribution >= 0.6 is 0 Å². The Morgan fingerprint density at radius 3 is 2.59 bits per heavy atom. The Morgan fingerprint density at radius 1 is 1.09 bits per heavy atom. The summed E-state index contributed by atoms with van der Waals surface area (Å²) in [6.07, 6.45) is 3.31. The fourth-order valence-corrected chi connectivity index (χ4v) is 5.90. The van der Waals surface area contributed by atoms with Crippen LogP contribution in [0.15, 0.2) is 41.3 Å². The van der Waals surface area contributed by atoms with Gasteiger partial charge in [0.05, 0.1) is 36.6 Å². The Kier molecular flexibility index (Phi) is 7.87. The highest BCUT2D eigenvalue weighted by molar-refractivity contribution is 5.94. The monoisotopic (exact) mass is 610 g/mol. The number of carboxylic acids is 1. The first-order valence-electron chi connectivity index (χ1n) is 14.6. The maximum atomic E-state index is 15.3. The number of cyclic esters (lactones) is 1. The molecule has 232 valence electrons. The fourth-order valence-electron chi connectivity index (χ4n) is 5.90. The van der Waals surface area contributed by atoms with Crippen molar-refractivity contribution in [1.29, 1.82) is 0 Å². The largest absolute Gasteiger partial charge is 0.491 e. The van der Waals surface area contributed by atoms with Crippen LogP contribution < -0.4 is 25.3 Å². The van der Waals surface area contributed by atoms with E-state index in [9.17, 15) is 28.7 Å². The molecule has 1 aliphatic carbocycles. The Morgan fingerprint density at radius 2 is 1.89 bits per heavy atom. The summed E-state index contributed by atoms with van der Waals surface area (Å²) in [6, 6.07) is 7.11. The molecule has 0 radical (unpaired) electrons. The van der Waals surface area contributed by atoms with Crippen LogP contribution in [0, 0.1) is 17.6 Å². The molecule has 3 fully saturated rings. The molecule has 2 aliphatic heterocycles. The lowest BCUT2D eigenvalue weighted by molar-refractivity contribution is -0.119. The van der Waals surface area contributed by atoms with E-state index in [1.165, 1.54) is 30.2 Å². The lowest BCUT2D eigenvalue weighted by Crippen LogP contribution is -2.33. The van der Waals surface area contributed by atoms with E-state index in [1.807, 2.05) is 4.90 Å². The number of benzene rings is 2. The van der Waals surface area contributed by atoms with Gasteiger partial charge in [-0.2, -0.15) is 0 Å². The van der Waals surface area contributed by atoms with Gasteiger partial charge in [-0.05, 0) is 55.9 Å². The highest BCUT2D eigenvalue weighted by atomic mass is 19.1. The molecular weight excluding hydrogens is 578 g/mol. The molecule has 0 bridgehead atoms. The molecule has 1 aromatic heterocycles. The van der Waals surface area contributed by atoms with Gasteiger partial charge in [-0.1, -0.05) is 0 Å². The molecule has 0 spiro atoms. The number of carbonyl (C=O) groups is 3. The number of fused-ring (bicyclic) bond motifs is 1. The predicted octanol–water partition coefficient (Wildman–Crippen LogP) is 4.07. The molecule has 3 aliphatic rings. The summed E-state index contributed by atoms with van der Waals surface area (Å²) in [6.45, 7) is 3.08.